The zero-order chi connectivity index (χ0) is 11.7. The van der Waals surface area contributed by atoms with Crippen molar-refractivity contribution in [2.75, 3.05) is 13.4 Å². The number of thiocarbonyl (C=S) groups is 1. The number of hydrogen-bond donors (Lipinski definition) is 0. The van der Waals surface area contributed by atoms with Gasteiger partial charge in [-0.2, -0.15) is 0 Å². The molecule has 0 unspecified atom stereocenters. The van der Waals surface area contributed by atoms with Gasteiger partial charge in [0.2, 0.25) is 4.38 Å². The summed E-state index contributed by atoms with van der Waals surface area (Å²) in [7, 11) is 1.62. The van der Waals surface area contributed by atoms with E-state index in [1.807, 2.05) is 6.26 Å². The molecule has 0 aliphatic heterocycles. The maximum Gasteiger partial charge on any atom is 0.284 e. The Balaban J connectivity index is 4.50. The van der Waals surface area contributed by atoms with Gasteiger partial charge in [0.1, 0.15) is 0 Å². The predicted molar refractivity (Wildman–Crippen MR) is 71.0 cm³/mol. The van der Waals surface area contributed by atoms with Crippen LogP contribution < -0.4 is 0 Å². The van der Waals surface area contributed by atoms with Crippen LogP contribution in [0.25, 0.3) is 0 Å². The van der Waals surface area contributed by atoms with Gasteiger partial charge in [-0.3, -0.25) is 0 Å². The second-order valence-corrected chi connectivity index (χ2v) is 4.52. The number of thioether (sulfide) groups is 1. The van der Waals surface area contributed by atoms with Gasteiger partial charge in [0, 0.05) is 5.57 Å². The summed E-state index contributed by atoms with van der Waals surface area (Å²) in [6, 6.07) is 0. The Morgan fingerprint density at radius 3 is 2.40 bits per heavy atom. The maximum absolute atomic E-state index is 5.45. The minimum absolute atomic E-state index is 0.509. The van der Waals surface area contributed by atoms with E-state index >= 15 is 0 Å². The van der Waals surface area contributed by atoms with Crippen LogP contribution in [-0.2, 0) is 9.47 Å². The lowest BCUT2D eigenvalue weighted by molar-refractivity contribution is 0.142. The van der Waals surface area contributed by atoms with E-state index in [-0.39, 0.29) is 0 Å². The lowest BCUT2D eigenvalue weighted by atomic mass is 10.1. The first kappa shape index (κ1) is 14.8. The molecule has 0 amide bonds. The average molecular weight is 248 g/mol. The molecule has 2 nitrogen and oxygen atoms in total. The number of ether oxygens (including phenoxy) is 2. The molecule has 0 heterocycles. The van der Waals surface area contributed by atoms with E-state index in [2.05, 4.69) is 13.8 Å². The quantitative estimate of drug-likeness (QED) is 0.520. The van der Waals surface area contributed by atoms with Gasteiger partial charge in [-0.1, -0.05) is 32.0 Å². The fourth-order valence-corrected chi connectivity index (χ4v) is 1.42. The zero-order valence-electron chi connectivity index (χ0n) is 9.96. The summed E-state index contributed by atoms with van der Waals surface area (Å²) in [6.07, 6.45) is 6.19. The molecular formula is C11H20O2S2. The van der Waals surface area contributed by atoms with E-state index < -0.39 is 0 Å². The van der Waals surface area contributed by atoms with Crippen LogP contribution in [0.5, 0.6) is 0 Å². The Hall–Kier alpha value is -0.220. The number of allylic oxidation sites excluding steroid dienone is 1. The highest BCUT2D eigenvalue weighted by Gasteiger charge is 2.09. The molecule has 0 atom stereocenters. The van der Waals surface area contributed by atoms with Crippen molar-refractivity contribution in [2.24, 2.45) is 0 Å². The van der Waals surface area contributed by atoms with Gasteiger partial charge in [-0.05, 0) is 37.7 Å². The van der Waals surface area contributed by atoms with Gasteiger partial charge in [0.05, 0.1) is 7.11 Å². The first-order chi connectivity index (χ1) is 7.19. The summed E-state index contributed by atoms with van der Waals surface area (Å²) >= 11 is 6.42. The van der Waals surface area contributed by atoms with Crippen LogP contribution in [-0.4, -0.2) is 17.7 Å². The molecule has 0 radical (unpaired) electrons. The van der Waals surface area contributed by atoms with E-state index in [4.69, 9.17) is 21.7 Å². The van der Waals surface area contributed by atoms with Crippen LogP contribution in [0, 0.1) is 0 Å². The summed E-state index contributed by atoms with van der Waals surface area (Å²) in [4.78, 5) is 0. The fourth-order valence-electron chi connectivity index (χ4n) is 1.19. The standard InChI is InChI=1S/C11H20O2S2/c1-5-7-8-9(6-2)10(12-3)13-11(14)15-4/h5-8H2,1-4H3/b10-9+. The molecule has 4 heteroatoms. The highest BCUT2D eigenvalue weighted by molar-refractivity contribution is 8.22. The van der Waals surface area contributed by atoms with Crippen molar-refractivity contribution in [1.29, 1.82) is 0 Å². The monoisotopic (exact) mass is 248 g/mol. The van der Waals surface area contributed by atoms with Crippen molar-refractivity contribution in [3.05, 3.63) is 11.5 Å². The van der Waals surface area contributed by atoms with E-state index in [0.29, 0.717) is 10.3 Å². The van der Waals surface area contributed by atoms with Crippen LogP contribution in [0.15, 0.2) is 11.5 Å². The van der Waals surface area contributed by atoms with Crippen molar-refractivity contribution < 1.29 is 9.47 Å². The molecule has 0 aromatic heterocycles. The van der Waals surface area contributed by atoms with Gasteiger partial charge in [0.25, 0.3) is 5.95 Å². The molecule has 0 aliphatic carbocycles. The molecule has 0 N–H and O–H groups in total. The fraction of sp³-hybridized carbons (Fsp3) is 0.727. The average Bonchev–Trinajstić information content (AvgIpc) is 2.27. The van der Waals surface area contributed by atoms with Gasteiger partial charge >= 0.3 is 0 Å². The van der Waals surface area contributed by atoms with Crippen LogP contribution >= 0.6 is 24.0 Å². The molecule has 0 aromatic carbocycles. The molecule has 88 valence electrons. The molecular weight excluding hydrogens is 228 g/mol. The Bertz CT molecular complexity index is 225. The smallest absolute Gasteiger partial charge is 0.284 e. The third-order valence-corrected chi connectivity index (χ3v) is 3.08. The van der Waals surface area contributed by atoms with Crippen molar-refractivity contribution in [2.45, 2.75) is 39.5 Å². The molecule has 0 fully saturated rings. The minimum Gasteiger partial charge on any atom is -0.468 e. The normalized spacial score (nSPS) is 12.0. The summed E-state index contributed by atoms with van der Waals surface area (Å²) < 4.78 is 11.2. The minimum atomic E-state index is 0.509. The molecule has 0 saturated carbocycles. The molecule has 0 bridgehead atoms. The summed E-state index contributed by atoms with van der Waals surface area (Å²) in [5.41, 5.74) is 1.20. The first-order valence-electron chi connectivity index (χ1n) is 5.21. The second kappa shape index (κ2) is 9.04. The van der Waals surface area contributed by atoms with E-state index in [0.717, 1.165) is 19.3 Å². The Morgan fingerprint density at radius 1 is 1.33 bits per heavy atom. The van der Waals surface area contributed by atoms with Crippen LogP contribution in [0.2, 0.25) is 0 Å². The molecule has 0 aromatic rings. The Morgan fingerprint density at radius 2 is 2.00 bits per heavy atom. The van der Waals surface area contributed by atoms with Gasteiger partial charge in [-0.15, -0.1) is 0 Å². The van der Waals surface area contributed by atoms with Crippen molar-refractivity contribution >= 4 is 28.4 Å². The van der Waals surface area contributed by atoms with Gasteiger partial charge in [0.15, 0.2) is 0 Å². The largest absolute Gasteiger partial charge is 0.468 e. The third kappa shape index (κ3) is 6.05. The SMILES string of the molecule is CCCC/C(CC)=C(\OC)OC(=S)SC. The summed E-state index contributed by atoms with van der Waals surface area (Å²) in [5.74, 6) is 0.588. The summed E-state index contributed by atoms with van der Waals surface area (Å²) in [6.45, 7) is 4.28. The van der Waals surface area contributed by atoms with Crippen molar-refractivity contribution in [3.63, 3.8) is 0 Å². The van der Waals surface area contributed by atoms with Crippen molar-refractivity contribution in [1.82, 2.24) is 0 Å². The van der Waals surface area contributed by atoms with Crippen molar-refractivity contribution in [3.8, 4) is 0 Å². The lowest BCUT2D eigenvalue weighted by Crippen LogP contribution is -2.03. The molecule has 0 rings (SSSR count). The third-order valence-electron chi connectivity index (χ3n) is 2.08. The predicted octanol–water partition coefficient (Wildman–Crippen LogP) is 4.11. The number of rotatable bonds is 6. The van der Waals surface area contributed by atoms with Crippen LogP contribution in [0.4, 0.5) is 0 Å². The molecule has 0 spiro atoms. The summed E-state index contributed by atoms with van der Waals surface area (Å²) in [5, 5.41) is 0. The maximum atomic E-state index is 5.45. The highest BCUT2D eigenvalue weighted by Crippen LogP contribution is 2.19. The lowest BCUT2D eigenvalue weighted by Gasteiger charge is -2.12. The molecule has 0 aliphatic rings. The van der Waals surface area contributed by atoms with Crippen LogP contribution in [0.1, 0.15) is 39.5 Å². The van der Waals surface area contributed by atoms with Crippen LogP contribution in [0.3, 0.4) is 0 Å². The first-order valence-corrected chi connectivity index (χ1v) is 6.84. The van der Waals surface area contributed by atoms with E-state index in [1.165, 1.54) is 23.8 Å². The Kier molecular flexibility index (Phi) is 8.91. The number of methoxy groups -OCH3 is 1. The highest BCUT2D eigenvalue weighted by atomic mass is 32.2. The topological polar surface area (TPSA) is 18.5 Å². The number of unbranched alkanes of at least 4 members (excludes halogenated alkanes) is 1. The van der Waals surface area contributed by atoms with E-state index in [9.17, 15) is 0 Å². The van der Waals surface area contributed by atoms with Gasteiger partial charge < -0.3 is 9.47 Å². The zero-order valence-corrected chi connectivity index (χ0v) is 11.6. The molecule has 15 heavy (non-hydrogen) atoms. The second-order valence-electron chi connectivity index (χ2n) is 3.11. The van der Waals surface area contributed by atoms with Gasteiger partial charge in [-0.25, -0.2) is 0 Å². The van der Waals surface area contributed by atoms with E-state index in [1.54, 1.807) is 7.11 Å². The Labute approximate surface area is 102 Å². The molecule has 0 saturated heterocycles. The number of hydrogen-bond acceptors (Lipinski definition) is 4.